The fourth-order valence-corrected chi connectivity index (χ4v) is 3.80. The fraction of sp³-hybridized carbons (Fsp3) is 0.208. The Bertz CT molecular complexity index is 1170. The molecule has 1 atom stereocenters. The molecule has 30 heavy (non-hydrogen) atoms. The molecular formula is C24H21FN2O3. The van der Waals surface area contributed by atoms with Gasteiger partial charge in [-0.3, -0.25) is 19.0 Å². The van der Waals surface area contributed by atoms with E-state index in [1.165, 1.54) is 46.7 Å². The van der Waals surface area contributed by atoms with Crippen molar-refractivity contribution in [3.05, 3.63) is 105 Å². The molecule has 1 aromatic heterocycles. The number of carbonyl (C=O) groups excluding carboxylic acids is 2. The molecule has 152 valence electrons. The predicted octanol–water partition coefficient (Wildman–Crippen LogP) is 3.30. The van der Waals surface area contributed by atoms with Gasteiger partial charge in [-0.05, 0) is 54.3 Å². The molecule has 2 heterocycles. The molecule has 0 saturated carbocycles. The number of amides is 1. The average molecular weight is 404 g/mol. The van der Waals surface area contributed by atoms with E-state index in [0.29, 0.717) is 19.5 Å². The summed E-state index contributed by atoms with van der Waals surface area (Å²) in [5.41, 5.74) is 2.70. The smallest absolute Gasteiger partial charge is 0.254 e. The van der Waals surface area contributed by atoms with Crippen molar-refractivity contribution in [2.45, 2.75) is 25.9 Å². The molecule has 1 aliphatic rings. The van der Waals surface area contributed by atoms with Gasteiger partial charge in [-0.1, -0.05) is 30.3 Å². The molecule has 1 aliphatic heterocycles. The lowest BCUT2D eigenvalue weighted by Crippen LogP contribution is -2.45. The third-order valence-corrected chi connectivity index (χ3v) is 5.42. The van der Waals surface area contributed by atoms with Crippen LogP contribution in [0.3, 0.4) is 0 Å². The summed E-state index contributed by atoms with van der Waals surface area (Å²) in [5, 5.41) is 0. The molecule has 0 radical (unpaired) electrons. The summed E-state index contributed by atoms with van der Waals surface area (Å²) in [6.45, 7) is 2.63. The van der Waals surface area contributed by atoms with Gasteiger partial charge in [0.05, 0.1) is 0 Å². The van der Waals surface area contributed by atoms with Gasteiger partial charge in [-0.25, -0.2) is 4.39 Å². The van der Waals surface area contributed by atoms with Gasteiger partial charge in [0.2, 0.25) is 0 Å². The van der Waals surface area contributed by atoms with Crippen molar-refractivity contribution in [1.82, 2.24) is 9.47 Å². The monoisotopic (exact) mass is 404 g/mol. The molecule has 3 aromatic rings. The first-order chi connectivity index (χ1) is 14.4. The number of hydrogen-bond acceptors (Lipinski definition) is 3. The van der Waals surface area contributed by atoms with Gasteiger partial charge in [0.15, 0.2) is 11.8 Å². The van der Waals surface area contributed by atoms with Crippen LogP contribution in [0.2, 0.25) is 0 Å². The summed E-state index contributed by atoms with van der Waals surface area (Å²) in [7, 11) is 0. The highest BCUT2D eigenvalue weighted by molar-refractivity contribution is 6.11. The molecule has 0 N–H and O–H groups in total. The molecule has 0 unspecified atom stereocenters. The number of fused-ring (bicyclic) bond motifs is 1. The van der Waals surface area contributed by atoms with Gasteiger partial charge in [-0.15, -0.1) is 0 Å². The number of hydrogen-bond donors (Lipinski definition) is 0. The lowest BCUT2D eigenvalue weighted by molar-refractivity contribution is -0.134. The third kappa shape index (κ3) is 3.81. The summed E-state index contributed by atoms with van der Waals surface area (Å²) in [6, 6.07) is 14.5. The van der Waals surface area contributed by atoms with E-state index in [0.717, 1.165) is 11.1 Å². The molecule has 5 nitrogen and oxygen atoms in total. The van der Waals surface area contributed by atoms with Crippen LogP contribution >= 0.6 is 0 Å². The number of pyridine rings is 1. The lowest BCUT2D eigenvalue weighted by Gasteiger charge is -2.32. The van der Waals surface area contributed by atoms with Gasteiger partial charge in [0.1, 0.15) is 5.82 Å². The van der Waals surface area contributed by atoms with Gasteiger partial charge in [0, 0.05) is 30.9 Å². The van der Waals surface area contributed by atoms with Crippen LogP contribution in [0.5, 0.6) is 0 Å². The van der Waals surface area contributed by atoms with Crippen LogP contribution in [0.4, 0.5) is 4.39 Å². The first kappa shape index (κ1) is 19.8. The van der Waals surface area contributed by atoms with E-state index >= 15 is 0 Å². The number of carbonyl (C=O) groups is 2. The highest BCUT2D eigenvalue weighted by atomic mass is 19.1. The Hall–Kier alpha value is -3.54. The maximum absolute atomic E-state index is 13.5. The maximum atomic E-state index is 13.5. The first-order valence-electron chi connectivity index (χ1n) is 9.78. The summed E-state index contributed by atoms with van der Waals surface area (Å²) in [6.07, 6.45) is 2.20. The molecule has 0 bridgehead atoms. The van der Waals surface area contributed by atoms with Crippen molar-refractivity contribution in [2.24, 2.45) is 0 Å². The number of Topliss-reactive ketones (excluding diaryl/α,β-unsaturated/α-hetero) is 1. The van der Waals surface area contributed by atoms with E-state index in [2.05, 4.69) is 0 Å². The van der Waals surface area contributed by atoms with E-state index in [-0.39, 0.29) is 5.56 Å². The number of rotatable bonds is 4. The quantitative estimate of drug-likeness (QED) is 0.495. The summed E-state index contributed by atoms with van der Waals surface area (Å²) in [4.78, 5) is 41.0. The second kappa shape index (κ2) is 8.06. The standard InChI is InChI=1S/C24H21FN2O3/c1-16-6-11-21(28)27(14-16)22(23(29)18-7-9-20(25)10-8-18)24(30)26-13-12-17-4-2-3-5-19(17)15-26/h2-11,14,22H,12-13,15H2,1H3/t22-/m0/s1. The second-order valence-corrected chi connectivity index (χ2v) is 7.50. The first-order valence-corrected chi connectivity index (χ1v) is 9.78. The highest BCUT2D eigenvalue weighted by Gasteiger charge is 2.35. The summed E-state index contributed by atoms with van der Waals surface area (Å²) >= 11 is 0. The van der Waals surface area contributed by atoms with E-state index < -0.39 is 29.1 Å². The van der Waals surface area contributed by atoms with E-state index in [4.69, 9.17) is 0 Å². The number of aromatic nitrogens is 1. The fourth-order valence-electron chi connectivity index (χ4n) is 3.80. The number of ketones is 1. The number of benzene rings is 2. The van der Waals surface area contributed by atoms with Crippen molar-refractivity contribution >= 4 is 11.7 Å². The second-order valence-electron chi connectivity index (χ2n) is 7.50. The van der Waals surface area contributed by atoms with Crippen molar-refractivity contribution in [3.8, 4) is 0 Å². The zero-order valence-corrected chi connectivity index (χ0v) is 16.5. The molecule has 0 aliphatic carbocycles. The zero-order chi connectivity index (χ0) is 21.3. The molecule has 1 amide bonds. The van der Waals surface area contributed by atoms with E-state index in [1.807, 2.05) is 24.3 Å². The molecule has 0 spiro atoms. The zero-order valence-electron chi connectivity index (χ0n) is 16.5. The van der Waals surface area contributed by atoms with E-state index in [1.54, 1.807) is 17.9 Å². The minimum absolute atomic E-state index is 0.181. The van der Waals surface area contributed by atoms with Gasteiger partial charge >= 0.3 is 0 Å². The van der Waals surface area contributed by atoms with Crippen LogP contribution < -0.4 is 5.56 Å². The summed E-state index contributed by atoms with van der Waals surface area (Å²) < 4.78 is 14.5. The molecule has 4 rings (SSSR count). The Morgan fingerprint density at radius 1 is 0.967 bits per heavy atom. The SMILES string of the molecule is Cc1ccc(=O)n([C@@H](C(=O)c2ccc(F)cc2)C(=O)N2CCc3ccccc3C2)c1. The average Bonchev–Trinajstić information content (AvgIpc) is 2.76. The number of aryl methyl sites for hydroxylation is 1. The largest absolute Gasteiger partial charge is 0.336 e. The van der Waals surface area contributed by atoms with Crippen LogP contribution in [0.15, 0.2) is 71.7 Å². The Labute approximate surface area is 173 Å². The Balaban J connectivity index is 1.74. The topological polar surface area (TPSA) is 59.4 Å². The van der Waals surface area contributed by atoms with Crippen LogP contribution in [0, 0.1) is 12.7 Å². The molecular weight excluding hydrogens is 383 g/mol. The number of halogens is 1. The number of nitrogens with zero attached hydrogens (tertiary/aromatic N) is 2. The maximum Gasteiger partial charge on any atom is 0.254 e. The third-order valence-electron chi connectivity index (χ3n) is 5.42. The molecule has 6 heteroatoms. The van der Waals surface area contributed by atoms with Crippen LogP contribution in [0.25, 0.3) is 0 Å². The highest BCUT2D eigenvalue weighted by Crippen LogP contribution is 2.23. The van der Waals surface area contributed by atoms with Crippen molar-refractivity contribution in [1.29, 1.82) is 0 Å². The van der Waals surface area contributed by atoms with Crippen LogP contribution in [-0.4, -0.2) is 27.7 Å². The molecule has 0 fully saturated rings. The molecule has 2 aromatic carbocycles. The van der Waals surface area contributed by atoms with Crippen LogP contribution in [-0.2, 0) is 17.8 Å². The van der Waals surface area contributed by atoms with Crippen molar-refractivity contribution in [3.63, 3.8) is 0 Å². The van der Waals surface area contributed by atoms with Gasteiger partial charge in [-0.2, -0.15) is 0 Å². The normalized spacial score (nSPS) is 14.1. The van der Waals surface area contributed by atoms with Crippen LogP contribution in [0.1, 0.15) is 33.1 Å². The van der Waals surface area contributed by atoms with Crippen molar-refractivity contribution in [2.75, 3.05) is 6.54 Å². The Morgan fingerprint density at radius 3 is 2.40 bits per heavy atom. The molecule has 0 saturated heterocycles. The lowest BCUT2D eigenvalue weighted by atomic mass is 9.97. The Morgan fingerprint density at radius 2 is 1.67 bits per heavy atom. The van der Waals surface area contributed by atoms with Gasteiger partial charge in [0.25, 0.3) is 11.5 Å². The Kier molecular flexibility index (Phi) is 5.31. The summed E-state index contributed by atoms with van der Waals surface area (Å²) in [5.74, 6) is -1.45. The van der Waals surface area contributed by atoms with Crippen molar-refractivity contribution < 1.29 is 14.0 Å². The predicted molar refractivity (Wildman–Crippen MR) is 111 cm³/mol. The van der Waals surface area contributed by atoms with Gasteiger partial charge < -0.3 is 4.90 Å². The minimum atomic E-state index is -1.34. The minimum Gasteiger partial charge on any atom is -0.336 e. The van der Waals surface area contributed by atoms with E-state index in [9.17, 15) is 18.8 Å².